The molecule has 0 spiro atoms. The van der Waals surface area contributed by atoms with Gasteiger partial charge in [0.15, 0.2) is 5.78 Å². The second-order valence-electron chi connectivity index (χ2n) is 7.44. The quantitative estimate of drug-likeness (QED) is 0.297. The van der Waals surface area contributed by atoms with Gasteiger partial charge in [-0.1, -0.05) is 12.1 Å². The van der Waals surface area contributed by atoms with Gasteiger partial charge in [0.1, 0.15) is 29.4 Å². The van der Waals surface area contributed by atoms with Crippen molar-refractivity contribution < 1.29 is 28.9 Å². The first kappa shape index (κ1) is 22.8. The highest BCUT2D eigenvalue weighted by Crippen LogP contribution is 2.33. The van der Waals surface area contributed by atoms with Gasteiger partial charge >= 0.3 is 5.97 Å². The minimum atomic E-state index is -1.25. The third-order valence-corrected chi connectivity index (χ3v) is 4.65. The Morgan fingerprint density at radius 1 is 1.09 bits per heavy atom. The normalized spacial score (nSPS) is 11.5. The summed E-state index contributed by atoms with van der Waals surface area (Å²) in [6.07, 6.45) is 3.03. The lowest BCUT2D eigenvalue weighted by Crippen LogP contribution is -2.10. The van der Waals surface area contributed by atoms with Crippen LogP contribution in [0.1, 0.15) is 31.9 Å². The van der Waals surface area contributed by atoms with Gasteiger partial charge in [0.25, 0.3) is 0 Å². The molecule has 0 saturated heterocycles. The van der Waals surface area contributed by atoms with Gasteiger partial charge in [-0.3, -0.25) is 9.78 Å². The molecule has 1 N–H and O–H groups in total. The van der Waals surface area contributed by atoms with Crippen molar-refractivity contribution in [2.24, 2.45) is 0 Å². The highest BCUT2D eigenvalue weighted by molar-refractivity contribution is 6.19. The standard InChI is InChI=1S/C25H25NO6/c1-15(2)32-24-18(13-26-23-10-9-20(30-4)12-22(23)24)14-31-19-7-5-17(6-8-19)11-21(16(3)27)25(28)29/h5-13,15H,14H2,1-4H3,(H,28,29)/b21-11+. The molecular formula is C25H25NO6. The number of methoxy groups -OCH3 is 1. The van der Waals surface area contributed by atoms with E-state index >= 15 is 0 Å². The molecule has 0 atom stereocenters. The number of Topliss-reactive ketones (excluding diaryl/α,β-unsaturated/α-hetero) is 1. The first-order chi connectivity index (χ1) is 15.3. The first-order valence-corrected chi connectivity index (χ1v) is 10.1. The third-order valence-electron chi connectivity index (χ3n) is 4.65. The number of rotatable bonds is 9. The number of pyridine rings is 1. The van der Waals surface area contributed by atoms with Crippen LogP contribution in [0.25, 0.3) is 17.0 Å². The van der Waals surface area contributed by atoms with Crippen molar-refractivity contribution in [2.45, 2.75) is 33.5 Å². The lowest BCUT2D eigenvalue weighted by atomic mass is 10.1. The van der Waals surface area contributed by atoms with Crippen LogP contribution in [0.4, 0.5) is 0 Å². The molecule has 1 aromatic heterocycles. The Kier molecular flexibility index (Phi) is 7.10. The van der Waals surface area contributed by atoms with E-state index in [0.29, 0.717) is 22.8 Å². The fourth-order valence-corrected chi connectivity index (χ4v) is 3.10. The van der Waals surface area contributed by atoms with Gasteiger partial charge < -0.3 is 19.3 Å². The number of ketones is 1. The molecule has 7 heteroatoms. The number of ether oxygens (including phenoxy) is 3. The number of benzene rings is 2. The van der Waals surface area contributed by atoms with Crippen LogP contribution < -0.4 is 14.2 Å². The zero-order valence-electron chi connectivity index (χ0n) is 18.4. The number of hydrogen-bond acceptors (Lipinski definition) is 6. The molecule has 0 bridgehead atoms. The van der Waals surface area contributed by atoms with E-state index in [1.807, 2.05) is 32.0 Å². The van der Waals surface area contributed by atoms with Crippen LogP contribution in [0.2, 0.25) is 0 Å². The SMILES string of the molecule is COc1ccc2ncc(COc3ccc(/C=C(\C(C)=O)C(=O)O)cc3)c(OC(C)C)c2c1. The number of carboxylic acid groups (broad SMARTS) is 1. The van der Waals surface area contributed by atoms with E-state index in [2.05, 4.69) is 4.98 Å². The van der Waals surface area contributed by atoms with E-state index in [1.54, 1.807) is 37.6 Å². The van der Waals surface area contributed by atoms with Crippen molar-refractivity contribution in [3.05, 3.63) is 65.4 Å². The third kappa shape index (κ3) is 5.43. The lowest BCUT2D eigenvalue weighted by molar-refractivity contribution is -0.134. The van der Waals surface area contributed by atoms with E-state index < -0.39 is 11.8 Å². The molecule has 0 saturated carbocycles. The van der Waals surface area contributed by atoms with Gasteiger partial charge in [-0.25, -0.2) is 4.79 Å². The molecule has 0 unspecified atom stereocenters. The predicted molar refractivity (Wildman–Crippen MR) is 121 cm³/mol. The topological polar surface area (TPSA) is 95.0 Å². The first-order valence-electron chi connectivity index (χ1n) is 10.1. The molecule has 32 heavy (non-hydrogen) atoms. The van der Waals surface area contributed by atoms with Crippen molar-refractivity contribution >= 4 is 28.7 Å². The molecule has 3 aromatic rings. The molecular weight excluding hydrogens is 410 g/mol. The Bertz CT molecular complexity index is 1150. The number of fused-ring (bicyclic) bond motifs is 1. The van der Waals surface area contributed by atoms with E-state index in [-0.39, 0.29) is 18.3 Å². The lowest BCUT2D eigenvalue weighted by Gasteiger charge is -2.17. The molecule has 1 heterocycles. The number of carbonyl (C=O) groups excluding carboxylic acids is 1. The molecule has 0 fully saturated rings. The van der Waals surface area contributed by atoms with Gasteiger partial charge in [0.2, 0.25) is 0 Å². The number of nitrogens with zero attached hydrogens (tertiary/aromatic N) is 1. The Balaban J connectivity index is 1.84. The highest BCUT2D eigenvalue weighted by atomic mass is 16.5. The summed E-state index contributed by atoms with van der Waals surface area (Å²) in [5.74, 6) is 0.229. The van der Waals surface area contributed by atoms with Crippen LogP contribution in [0.5, 0.6) is 17.2 Å². The van der Waals surface area contributed by atoms with E-state index in [0.717, 1.165) is 16.5 Å². The van der Waals surface area contributed by atoms with Gasteiger partial charge in [-0.05, 0) is 62.7 Å². The smallest absolute Gasteiger partial charge is 0.339 e. The van der Waals surface area contributed by atoms with Gasteiger partial charge in [-0.2, -0.15) is 0 Å². The fraction of sp³-hybridized carbons (Fsp3) is 0.240. The van der Waals surface area contributed by atoms with Gasteiger partial charge in [-0.15, -0.1) is 0 Å². The number of carbonyl (C=O) groups is 2. The maximum Gasteiger partial charge on any atom is 0.339 e. The number of carboxylic acids is 1. The minimum Gasteiger partial charge on any atom is -0.497 e. The monoisotopic (exact) mass is 435 g/mol. The Morgan fingerprint density at radius 3 is 2.38 bits per heavy atom. The van der Waals surface area contributed by atoms with E-state index in [9.17, 15) is 9.59 Å². The molecule has 7 nitrogen and oxygen atoms in total. The van der Waals surface area contributed by atoms with Crippen molar-refractivity contribution in [1.29, 1.82) is 0 Å². The molecule has 3 rings (SSSR count). The number of hydrogen-bond donors (Lipinski definition) is 1. The summed E-state index contributed by atoms with van der Waals surface area (Å²) in [6, 6.07) is 12.4. The zero-order chi connectivity index (χ0) is 23.3. The largest absolute Gasteiger partial charge is 0.497 e. The molecule has 0 radical (unpaired) electrons. The molecule has 0 aliphatic carbocycles. The fourth-order valence-electron chi connectivity index (χ4n) is 3.10. The molecule has 0 aliphatic rings. The average molecular weight is 435 g/mol. The van der Waals surface area contributed by atoms with Crippen molar-refractivity contribution in [2.75, 3.05) is 7.11 Å². The summed E-state index contributed by atoms with van der Waals surface area (Å²) in [5.41, 5.74) is 1.90. The van der Waals surface area contributed by atoms with Gasteiger partial charge in [0.05, 0.1) is 24.3 Å². The van der Waals surface area contributed by atoms with E-state index in [1.165, 1.54) is 13.0 Å². The highest BCUT2D eigenvalue weighted by Gasteiger charge is 2.15. The summed E-state index contributed by atoms with van der Waals surface area (Å²) in [4.78, 5) is 27.1. The second-order valence-corrected chi connectivity index (χ2v) is 7.44. The second kappa shape index (κ2) is 9.96. The minimum absolute atomic E-state index is 0.0404. The van der Waals surface area contributed by atoms with Crippen LogP contribution in [-0.4, -0.2) is 35.1 Å². The summed E-state index contributed by atoms with van der Waals surface area (Å²) < 4.78 is 17.3. The van der Waals surface area contributed by atoms with Crippen molar-refractivity contribution in [3.63, 3.8) is 0 Å². The Morgan fingerprint density at radius 2 is 1.78 bits per heavy atom. The maximum absolute atomic E-state index is 11.5. The van der Waals surface area contributed by atoms with Crippen molar-refractivity contribution in [3.8, 4) is 17.2 Å². The van der Waals surface area contributed by atoms with Crippen LogP contribution in [0.15, 0.2) is 54.2 Å². The van der Waals surface area contributed by atoms with Gasteiger partial charge in [0, 0.05) is 11.6 Å². The molecule has 166 valence electrons. The number of aliphatic carboxylic acids is 1. The van der Waals surface area contributed by atoms with Crippen LogP contribution in [0, 0.1) is 0 Å². The maximum atomic E-state index is 11.5. The van der Waals surface area contributed by atoms with Crippen LogP contribution in [-0.2, 0) is 16.2 Å². The molecule has 0 aliphatic heterocycles. The average Bonchev–Trinajstić information content (AvgIpc) is 2.76. The zero-order valence-corrected chi connectivity index (χ0v) is 18.4. The predicted octanol–water partition coefficient (Wildman–Crippen LogP) is 4.67. The summed E-state index contributed by atoms with van der Waals surface area (Å²) in [7, 11) is 1.61. The summed E-state index contributed by atoms with van der Waals surface area (Å²) in [6.45, 7) is 5.36. The summed E-state index contributed by atoms with van der Waals surface area (Å²) in [5, 5.41) is 9.96. The Hall–Kier alpha value is -3.87. The number of aromatic nitrogens is 1. The van der Waals surface area contributed by atoms with Crippen LogP contribution >= 0.6 is 0 Å². The molecule has 2 aromatic carbocycles. The molecule has 0 amide bonds. The van der Waals surface area contributed by atoms with Crippen molar-refractivity contribution in [1.82, 2.24) is 4.98 Å². The van der Waals surface area contributed by atoms with E-state index in [4.69, 9.17) is 19.3 Å². The Labute approximate surface area is 186 Å². The summed E-state index contributed by atoms with van der Waals surface area (Å²) >= 11 is 0. The van der Waals surface area contributed by atoms with Crippen LogP contribution in [0.3, 0.4) is 0 Å².